The molecule has 4 rings (SSSR count). The molecule has 0 amide bonds. The van der Waals surface area contributed by atoms with Gasteiger partial charge in [-0.3, -0.25) is 0 Å². The maximum atomic E-state index is 7.02. The van der Waals surface area contributed by atoms with Crippen molar-refractivity contribution < 1.29 is 4.74 Å². The van der Waals surface area contributed by atoms with Crippen molar-refractivity contribution in [3.8, 4) is 5.75 Å². The van der Waals surface area contributed by atoms with Crippen molar-refractivity contribution in [1.82, 2.24) is 4.90 Å². The van der Waals surface area contributed by atoms with Crippen LogP contribution in [0.25, 0.3) is 0 Å². The standard InChI is InChI=1S/C25H25Cl2NO/c1-28(2)17-18-29-22-15-13-21(14-16-22)24(20-11-7-4-8-12-20)23(25(24,26)27)19-9-5-3-6-10-19/h3-16,23H,17-18H2,1-2H3/t23-,24+/m1/s1. The molecule has 1 fully saturated rings. The summed E-state index contributed by atoms with van der Waals surface area (Å²) in [6, 6.07) is 28.9. The van der Waals surface area contributed by atoms with Gasteiger partial charge in [-0.25, -0.2) is 0 Å². The summed E-state index contributed by atoms with van der Waals surface area (Å²) in [5.74, 6) is 0.827. The molecule has 0 aliphatic heterocycles. The van der Waals surface area contributed by atoms with Crippen LogP contribution >= 0.6 is 23.2 Å². The fourth-order valence-electron chi connectivity index (χ4n) is 4.26. The van der Waals surface area contributed by atoms with Crippen LogP contribution in [0.2, 0.25) is 0 Å². The highest BCUT2D eigenvalue weighted by Crippen LogP contribution is 2.77. The third-order valence-corrected chi connectivity index (χ3v) is 6.75. The largest absolute Gasteiger partial charge is 0.492 e. The molecule has 1 aliphatic rings. The lowest BCUT2D eigenvalue weighted by Gasteiger charge is -2.21. The van der Waals surface area contributed by atoms with Crippen LogP contribution < -0.4 is 4.74 Å². The van der Waals surface area contributed by atoms with E-state index in [0.717, 1.165) is 29.0 Å². The third kappa shape index (κ3) is 3.54. The van der Waals surface area contributed by atoms with Crippen LogP contribution in [0.1, 0.15) is 22.6 Å². The Balaban J connectivity index is 1.72. The summed E-state index contributed by atoms with van der Waals surface area (Å²) in [4.78, 5) is 2.10. The van der Waals surface area contributed by atoms with Gasteiger partial charge < -0.3 is 9.64 Å². The molecule has 150 valence electrons. The minimum Gasteiger partial charge on any atom is -0.492 e. The van der Waals surface area contributed by atoms with Crippen molar-refractivity contribution in [3.63, 3.8) is 0 Å². The average Bonchev–Trinajstić information content (AvgIpc) is 3.26. The van der Waals surface area contributed by atoms with Gasteiger partial charge in [0.05, 0.1) is 5.41 Å². The van der Waals surface area contributed by atoms with Crippen LogP contribution in [-0.4, -0.2) is 36.5 Å². The van der Waals surface area contributed by atoms with Crippen molar-refractivity contribution in [2.45, 2.75) is 15.7 Å². The van der Waals surface area contributed by atoms with Crippen LogP contribution in [0.3, 0.4) is 0 Å². The first kappa shape index (κ1) is 20.3. The Bertz CT molecular complexity index is 942. The summed E-state index contributed by atoms with van der Waals surface area (Å²) in [5, 5.41) is 0. The summed E-state index contributed by atoms with van der Waals surface area (Å²) in [6.07, 6.45) is 0. The fraction of sp³-hybridized carbons (Fsp3) is 0.280. The molecule has 0 saturated heterocycles. The first-order valence-corrected chi connectivity index (χ1v) is 10.6. The van der Waals surface area contributed by atoms with Crippen molar-refractivity contribution in [2.24, 2.45) is 0 Å². The van der Waals surface area contributed by atoms with Crippen LogP contribution in [0.15, 0.2) is 84.9 Å². The number of rotatable bonds is 7. The molecule has 2 nitrogen and oxygen atoms in total. The number of likely N-dealkylation sites (N-methyl/N-ethyl adjacent to an activating group) is 1. The Labute approximate surface area is 183 Å². The van der Waals surface area contributed by atoms with Gasteiger partial charge >= 0.3 is 0 Å². The fourth-order valence-corrected chi connectivity index (χ4v) is 5.38. The van der Waals surface area contributed by atoms with E-state index < -0.39 is 9.75 Å². The Morgan fingerprint density at radius 2 is 1.34 bits per heavy atom. The lowest BCUT2D eigenvalue weighted by Crippen LogP contribution is -2.19. The minimum atomic E-state index is -0.928. The Morgan fingerprint density at radius 3 is 1.93 bits per heavy atom. The lowest BCUT2D eigenvalue weighted by molar-refractivity contribution is 0.261. The van der Waals surface area contributed by atoms with Gasteiger partial charge in [0.15, 0.2) is 0 Å². The van der Waals surface area contributed by atoms with Crippen molar-refractivity contribution in [2.75, 3.05) is 27.2 Å². The summed E-state index contributed by atoms with van der Waals surface area (Å²) in [5.41, 5.74) is 2.87. The van der Waals surface area contributed by atoms with Crippen LogP contribution in [0.4, 0.5) is 0 Å². The van der Waals surface area contributed by atoms with Gasteiger partial charge in [0.25, 0.3) is 0 Å². The first-order valence-electron chi connectivity index (χ1n) is 9.84. The van der Waals surface area contributed by atoms with Crippen LogP contribution in [0.5, 0.6) is 5.75 Å². The highest BCUT2D eigenvalue weighted by atomic mass is 35.5. The second kappa shape index (κ2) is 8.02. The van der Waals surface area contributed by atoms with Gasteiger partial charge in [0, 0.05) is 12.5 Å². The lowest BCUT2D eigenvalue weighted by atomic mass is 9.84. The molecule has 0 aromatic heterocycles. The Hall–Kier alpha value is -2.00. The number of hydrogen-bond donors (Lipinski definition) is 0. The molecular formula is C25H25Cl2NO. The third-order valence-electron chi connectivity index (χ3n) is 5.72. The number of benzene rings is 3. The van der Waals surface area contributed by atoms with Crippen molar-refractivity contribution >= 4 is 23.2 Å². The molecule has 4 heteroatoms. The van der Waals surface area contributed by atoms with E-state index in [1.54, 1.807) is 0 Å². The second-order valence-electron chi connectivity index (χ2n) is 7.82. The van der Waals surface area contributed by atoms with Gasteiger partial charge in [0.1, 0.15) is 16.7 Å². The van der Waals surface area contributed by atoms with Gasteiger partial charge in [-0.05, 0) is 42.9 Å². The molecule has 1 saturated carbocycles. The topological polar surface area (TPSA) is 12.5 Å². The van der Waals surface area contributed by atoms with E-state index >= 15 is 0 Å². The van der Waals surface area contributed by atoms with Crippen LogP contribution in [-0.2, 0) is 5.41 Å². The summed E-state index contributed by atoms with van der Waals surface area (Å²) in [7, 11) is 4.07. The van der Waals surface area contributed by atoms with Crippen molar-refractivity contribution in [1.29, 1.82) is 0 Å². The maximum Gasteiger partial charge on any atom is 0.140 e. The van der Waals surface area contributed by atoms with E-state index in [1.807, 2.05) is 62.6 Å². The Kier molecular flexibility index (Phi) is 5.61. The average molecular weight is 426 g/mol. The molecule has 0 spiro atoms. The molecule has 3 aromatic rings. The van der Waals surface area contributed by atoms with E-state index in [1.165, 1.54) is 0 Å². The highest BCUT2D eigenvalue weighted by Gasteiger charge is 2.77. The molecule has 0 N–H and O–H groups in total. The normalized spacial score (nSPS) is 22.4. The number of alkyl halides is 2. The summed E-state index contributed by atoms with van der Waals surface area (Å²) in [6.45, 7) is 1.52. The summed E-state index contributed by atoms with van der Waals surface area (Å²) >= 11 is 14.0. The van der Waals surface area contributed by atoms with E-state index in [0.29, 0.717) is 6.61 Å². The molecule has 3 aromatic carbocycles. The van der Waals surface area contributed by atoms with Gasteiger partial charge in [0.2, 0.25) is 0 Å². The Morgan fingerprint density at radius 1 is 0.793 bits per heavy atom. The zero-order chi connectivity index (χ0) is 20.5. The van der Waals surface area contributed by atoms with E-state index in [-0.39, 0.29) is 5.92 Å². The predicted octanol–water partition coefficient (Wildman–Crippen LogP) is 5.88. The molecule has 0 heterocycles. The molecule has 0 radical (unpaired) electrons. The molecule has 2 atom stereocenters. The molecule has 29 heavy (non-hydrogen) atoms. The first-order chi connectivity index (χ1) is 14.0. The molecule has 1 aliphatic carbocycles. The van der Waals surface area contributed by atoms with Gasteiger partial charge in [-0.15, -0.1) is 0 Å². The molecular weight excluding hydrogens is 401 g/mol. The van der Waals surface area contributed by atoms with Gasteiger partial charge in [-0.1, -0.05) is 96.0 Å². The molecule has 0 unspecified atom stereocenters. The SMILES string of the molecule is CN(C)CCOc1ccc([C@@]2(c3ccccc3)[C@@H](c3ccccc3)C2(Cl)Cl)cc1. The van der Waals surface area contributed by atoms with Crippen LogP contribution in [0, 0.1) is 0 Å². The quantitative estimate of drug-likeness (QED) is 0.437. The smallest absolute Gasteiger partial charge is 0.140 e. The highest BCUT2D eigenvalue weighted by molar-refractivity contribution is 6.53. The zero-order valence-electron chi connectivity index (χ0n) is 16.7. The zero-order valence-corrected chi connectivity index (χ0v) is 18.2. The second-order valence-corrected chi connectivity index (χ2v) is 9.20. The number of hydrogen-bond acceptors (Lipinski definition) is 2. The molecule has 0 bridgehead atoms. The predicted molar refractivity (Wildman–Crippen MR) is 121 cm³/mol. The monoisotopic (exact) mass is 425 g/mol. The minimum absolute atomic E-state index is 0.0255. The van der Waals surface area contributed by atoms with E-state index in [4.69, 9.17) is 27.9 Å². The maximum absolute atomic E-state index is 7.02. The number of ether oxygens (including phenoxy) is 1. The van der Waals surface area contributed by atoms with E-state index in [2.05, 4.69) is 41.3 Å². The van der Waals surface area contributed by atoms with E-state index in [9.17, 15) is 0 Å². The number of nitrogens with zero attached hydrogens (tertiary/aromatic N) is 1. The summed E-state index contributed by atoms with van der Waals surface area (Å²) < 4.78 is 4.94. The van der Waals surface area contributed by atoms with Crippen molar-refractivity contribution in [3.05, 3.63) is 102 Å². The number of halogens is 2. The van der Waals surface area contributed by atoms with Gasteiger partial charge in [-0.2, -0.15) is 0 Å².